The molecule has 164 valence electrons. The van der Waals surface area contributed by atoms with Crippen molar-refractivity contribution < 1.29 is 9.90 Å². The number of anilines is 3. The number of amides is 1. The summed E-state index contributed by atoms with van der Waals surface area (Å²) >= 11 is 0. The minimum atomic E-state index is -0.946. The second-order valence-electron chi connectivity index (χ2n) is 8.34. The number of H-pyrrole nitrogens is 1. The topological polar surface area (TPSA) is 123 Å². The van der Waals surface area contributed by atoms with E-state index < -0.39 is 11.6 Å². The molecule has 0 bridgehead atoms. The van der Waals surface area contributed by atoms with Crippen molar-refractivity contribution in [1.29, 1.82) is 0 Å². The van der Waals surface area contributed by atoms with E-state index in [2.05, 4.69) is 25.6 Å². The van der Waals surface area contributed by atoms with Gasteiger partial charge < -0.3 is 25.6 Å². The second kappa shape index (κ2) is 9.03. The molecule has 0 fully saturated rings. The van der Waals surface area contributed by atoms with Gasteiger partial charge in [0.15, 0.2) is 0 Å². The maximum absolute atomic E-state index is 12.4. The summed E-state index contributed by atoms with van der Waals surface area (Å²) in [7, 11) is 0. The first-order chi connectivity index (χ1) is 14.6. The summed E-state index contributed by atoms with van der Waals surface area (Å²) < 4.78 is 0. The van der Waals surface area contributed by atoms with Crippen molar-refractivity contribution in [3.05, 3.63) is 52.4 Å². The molecule has 0 aliphatic heterocycles. The van der Waals surface area contributed by atoms with Gasteiger partial charge in [0.05, 0.1) is 5.52 Å². The Bertz CT molecular complexity index is 1140. The fraction of sp³-hybridized carbons (Fsp3) is 0.364. The van der Waals surface area contributed by atoms with Crippen LogP contribution in [0.2, 0.25) is 0 Å². The summed E-state index contributed by atoms with van der Waals surface area (Å²) in [6.45, 7) is 8.44. The van der Waals surface area contributed by atoms with Crippen molar-refractivity contribution in [1.82, 2.24) is 19.9 Å². The molecule has 0 aliphatic carbocycles. The molecule has 3 aromatic rings. The van der Waals surface area contributed by atoms with Gasteiger partial charge in [0.1, 0.15) is 11.2 Å². The lowest BCUT2D eigenvalue weighted by molar-refractivity contribution is 0.100. The van der Waals surface area contributed by atoms with E-state index in [-0.39, 0.29) is 5.56 Å². The Morgan fingerprint density at radius 2 is 2.00 bits per heavy atom. The van der Waals surface area contributed by atoms with Crippen LogP contribution in [0.15, 0.2) is 41.3 Å². The molecule has 2 aromatic heterocycles. The van der Waals surface area contributed by atoms with Gasteiger partial charge in [0, 0.05) is 30.5 Å². The van der Waals surface area contributed by atoms with Crippen LogP contribution in [0.5, 0.6) is 0 Å². The first kappa shape index (κ1) is 22.1. The Labute approximate surface area is 180 Å². The molecule has 9 nitrogen and oxygen atoms in total. The van der Waals surface area contributed by atoms with Gasteiger partial charge in [0.25, 0.3) is 5.56 Å². The Hall–Kier alpha value is -3.62. The number of pyridine rings is 1. The maximum atomic E-state index is 12.4. The molecular formula is C22H28N6O3. The number of hydrogen-bond donors (Lipinski definition) is 4. The average Bonchev–Trinajstić information content (AvgIpc) is 2.66. The van der Waals surface area contributed by atoms with Gasteiger partial charge >= 0.3 is 6.09 Å². The highest BCUT2D eigenvalue weighted by Gasteiger charge is 2.25. The molecule has 0 spiro atoms. The van der Waals surface area contributed by atoms with Crippen molar-refractivity contribution in [3.8, 4) is 0 Å². The summed E-state index contributed by atoms with van der Waals surface area (Å²) in [5.74, 6) is 0.771. The predicted octanol–water partition coefficient (Wildman–Crippen LogP) is 3.95. The number of nitrogens with one attached hydrogen (secondary N) is 3. The third-order valence-electron chi connectivity index (χ3n) is 4.78. The SMILES string of the molecule is Cc1cccc(Nc2nc(NCCCN(C(=O)O)C(C)(C)C)nc3cc[nH]c(=O)c23)c1. The van der Waals surface area contributed by atoms with Crippen molar-refractivity contribution in [2.24, 2.45) is 0 Å². The maximum Gasteiger partial charge on any atom is 0.407 e. The van der Waals surface area contributed by atoms with Gasteiger partial charge in [-0.15, -0.1) is 0 Å². The zero-order chi connectivity index (χ0) is 22.6. The molecule has 0 radical (unpaired) electrons. The molecule has 9 heteroatoms. The van der Waals surface area contributed by atoms with Gasteiger partial charge in [0.2, 0.25) is 5.95 Å². The van der Waals surface area contributed by atoms with Gasteiger partial charge in [-0.3, -0.25) is 4.79 Å². The normalized spacial score (nSPS) is 11.4. The van der Waals surface area contributed by atoms with Gasteiger partial charge in [-0.2, -0.15) is 4.98 Å². The van der Waals surface area contributed by atoms with Gasteiger partial charge in [-0.05, 0) is 57.9 Å². The molecule has 2 heterocycles. The summed E-state index contributed by atoms with van der Waals surface area (Å²) in [5, 5.41) is 16.1. The molecule has 1 amide bonds. The molecule has 0 atom stereocenters. The Balaban J connectivity index is 1.80. The molecule has 0 unspecified atom stereocenters. The molecule has 0 aliphatic rings. The number of benzene rings is 1. The van der Waals surface area contributed by atoms with Crippen LogP contribution in [0.25, 0.3) is 10.9 Å². The molecule has 3 rings (SSSR count). The standard InChI is InChI=1S/C22H28N6O3/c1-14-7-5-8-15(13-14)25-18-17-16(9-11-23-19(17)29)26-20(27-18)24-10-6-12-28(21(30)31)22(2,3)4/h5,7-9,11,13H,6,10,12H2,1-4H3,(H,23,29)(H,30,31)(H2,24,25,26,27). The van der Waals surface area contributed by atoms with E-state index >= 15 is 0 Å². The zero-order valence-corrected chi connectivity index (χ0v) is 18.2. The Morgan fingerprint density at radius 1 is 1.23 bits per heavy atom. The van der Waals surface area contributed by atoms with E-state index in [1.165, 1.54) is 4.90 Å². The van der Waals surface area contributed by atoms with Gasteiger partial charge in [-0.1, -0.05) is 12.1 Å². The second-order valence-corrected chi connectivity index (χ2v) is 8.34. The minimum absolute atomic E-state index is 0.276. The highest BCUT2D eigenvalue weighted by Crippen LogP contribution is 2.23. The average molecular weight is 425 g/mol. The fourth-order valence-corrected chi connectivity index (χ4v) is 3.28. The van der Waals surface area contributed by atoms with Crippen LogP contribution in [0.3, 0.4) is 0 Å². The van der Waals surface area contributed by atoms with Crippen LogP contribution >= 0.6 is 0 Å². The predicted molar refractivity (Wildman–Crippen MR) is 122 cm³/mol. The van der Waals surface area contributed by atoms with Crippen molar-refractivity contribution in [2.45, 2.75) is 39.7 Å². The monoisotopic (exact) mass is 424 g/mol. The summed E-state index contributed by atoms with van der Waals surface area (Å²) in [4.78, 5) is 36.9. The Kier molecular flexibility index (Phi) is 6.43. The van der Waals surface area contributed by atoms with E-state index in [1.54, 1.807) is 12.3 Å². The zero-order valence-electron chi connectivity index (χ0n) is 18.2. The number of nitrogens with zero attached hydrogens (tertiary/aromatic N) is 3. The quantitative estimate of drug-likeness (QED) is 0.423. The third-order valence-corrected chi connectivity index (χ3v) is 4.78. The molecular weight excluding hydrogens is 396 g/mol. The third kappa shape index (κ3) is 5.50. The number of aromatic nitrogens is 3. The van der Waals surface area contributed by atoms with Crippen LogP contribution in [-0.2, 0) is 0 Å². The molecule has 1 aromatic carbocycles. The van der Waals surface area contributed by atoms with Crippen LogP contribution in [0.4, 0.5) is 22.2 Å². The van der Waals surface area contributed by atoms with Crippen molar-refractivity contribution in [2.75, 3.05) is 23.7 Å². The van der Waals surface area contributed by atoms with E-state index in [9.17, 15) is 14.7 Å². The van der Waals surface area contributed by atoms with Crippen LogP contribution in [0, 0.1) is 6.92 Å². The molecule has 0 saturated heterocycles. The molecule has 31 heavy (non-hydrogen) atoms. The van der Waals surface area contributed by atoms with Gasteiger partial charge in [-0.25, -0.2) is 9.78 Å². The van der Waals surface area contributed by atoms with E-state index in [0.29, 0.717) is 42.2 Å². The first-order valence-corrected chi connectivity index (χ1v) is 10.1. The smallest absolute Gasteiger partial charge is 0.407 e. The lowest BCUT2D eigenvalue weighted by Crippen LogP contribution is -2.45. The Morgan fingerprint density at radius 3 is 2.68 bits per heavy atom. The number of rotatable bonds is 7. The minimum Gasteiger partial charge on any atom is -0.465 e. The molecule has 0 saturated carbocycles. The van der Waals surface area contributed by atoms with Crippen LogP contribution in [-0.4, -0.2) is 49.7 Å². The number of hydrogen-bond acceptors (Lipinski definition) is 6. The summed E-state index contributed by atoms with van der Waals surface area (Å²) in [6, 6.07) is 9.50. The fourth-order valence-electron chi connectivity index (χ4n) is 3.28. The lowest BCUT2D eigenvalue weighted by Gasteiger charge is -2.33. The largest absolute Gasteiger partial charge is 0.465 e. The van der Waals surface area contributed by atoms with Crippen molar-refractivity contribution >= 4 is 34.4 Å². The highest BCUT2D eigenvalue weighted by atomic mass is 16.4. The highest BCUT2D eigenvalue weighted by molar-refractivity contribution is 5.90. The first-order valence-electron chi connectivity index (χ1n) is 10.1. The number of fused-ring (bicyclic) bond motifs is 1. The number of carbonyl (C=O) groups is 1. The summed E-state index contributed by atoms with van der Waals surface area (Å²) in [6.07, 6.45) is 1.19. The van der Waals surface area contributed by atoms with Crippen molar-refractivity contribution in [3.63, 3.8) is 0 Å². The van der Waals surface area contributed by atoms with E-state index in [1.807, 2.05) is 52.0 Å². The molecule has 4 N–H and O–H groups in total. The lowest BCUT2D eigenvalue weighted by atomic mass is 10.1. The van der Waals surface area contributed by atoms with Crippen LogP contribution < -0.4 is 16.2 Å². The van der Waals surface area contributed by atoms with E-state index in [4.69, 9.17) is 0 Å². The van der Waals surface area contributed by atoms with E-state index in [0.717, 1.165) is 11.3 Å². The number of aromatic amines is 1. The number of aryl methyl sites for hydroxylation is 1. The summed E-state index contributed by atoms with van der Waals surface area (Å²) in [5.41, 5.74) is 1.66. The number of carboxylic acid groups (broad SMARTS) is 1. The van der Waals surface area contributed by atoms with Crippen LogP contribution in [0.1, 0.15) is 32.8 Å².